The number of nitrogens with zero attached hydrogens (tertiary/aromatic N) is 3. The van der Waals surface area contributed by atoms with Gasteiger partial charge < -0.3 is 9.64 Å². The van der Waals surface area contributed by atoms with E-state index in [0.717, 1.165) is 17.0 Å². The van der Waals surface area contributed by atoms with Crippen LogP contribution in [0.3, 0.4) is 0 Å². The first-order chi connectivity index (χ1) is 10.6. The Hall–Kier alpha value is -1.98. The zero-order valence-electron chi connectivity index (χ0n) is 12.2. The van der Waals surface area contributed by atoms with E-state index in [9.17, 15) is 4.79 Å². The predicted octanol–water partition coefficient (Wildman–Crippen LogP) is 2.72. The number of carbonyl (C=O) groups excluding carboxylic acids is 1. The lowest BCUT2D eigenvalue weighted by Gasteiger charge is -2.32. The molecule has 2 heterocycles. The van der Waals surface area contributed by atoms with Crippen molar-refractivity contribution in [2.45, 2.75) is 13.0 Å². The topological polar surface area (TPSA) is 55.3 Å². The molecular formula is C16H16ClN3O2. The Bertz CT molecular complexity index is 693. The highest BCUT2D eigenvalue weighted by atomic mass is 35.5. The van der Waals surface area contributed by atoms with E-state index in [4.69, 9.17) is 16.3 Å². The molecule has 1 atom stereocenters. The molecule has 0 spiro atoms. The van der Waals surface area contributed by atoms with Gasteiger partial charge in [-0.3, -0.25) is 14.8 Å². The predicted molar refractivity (Wildman–Crippen MR) is 83.4 cm³/mol. The third-order valence-electron chi connectivity index (χ3n) is 3.64. The zero-order valence-corrected chi connectivity index (χ0v) is 13.0. The fraction of sp³-hybridized carbons (Fsp3) is 0.312. The van der Waals surface area contributed by atoms with Gasteiger partial charge in [-0.05, 0) is 12.1 Å². The summed E-state index contributed by atoms with van der Waals surface area (Å²) >= 11 is 6.07. The van der Waals surface area contributed by atoms with Crippen LogP contribution in [0, 0.1) is 0 Å². The zero-order chi connectivity index (χ0) is 15.5. The Morgan fingerprint density at radius 3 is 2.95 bits per heavy atom. The minimum Gasteiger partial charge on any atom is -0.368 e. The van der Waals surface area contributed by atoms with Gasteiger partial charge in [-0.15, -0.1) is 0 Å². The molecule has 0 N–H and O–H groups in total. The van der Waals surface area contributed by atoms with Gasteiger partial charge in [0.1, 0.15) is 6.10 Å². The van der Waals surface area contributed by atoms with Crippen LogP contribution in [-0.4, -0.2) is 40.5 Å². The summed E-state index contributed by atoms with van der Waals surface area (Å²) in [6.45, 7) is 3.16. The van der Waals surface area contributed by atoms with Crippen molar-refractivity contribution in [2.75, 3.05) is 19.7 Å². The summed E-state index contributed by atoms with van der Waals surface area (Å²) in [6.07, 6.45) is 3.01. The number of morpholine rings is 1. The summed E-state index contributed by atoms with van der Waals surface area (Å²) in [5.41, 5.74) is 2.36. The maximum absolute atomic E-state index is 11.6. The Morgan fingerprint density at radius 1 is 1.36 bits per heavy atom. The highest BCUT2D eigenvalue weighted by molar-refractivity contribution is 6.30. The normalized spacial score (nSPS) is 18.3. The molecule has 5 nitrogen and oxygen atoms in total. The van der Waals surface area contributed by atoms with Gasteiger partial charge in [-0.1, -0.05) is 23.7 Å². The lowest BCUT2D eigenvalue weighted by Crippen LogP contribution is -2.41. The van der Waals surface area contributed by atoms with Gasteiger partial charge in [0.2, 0.25) is 5.91 Å². The second-order valence-electron chi connectivity index (χ2n) is 5.13. The van der Waals surface area contributed by atoms with E-state index < -0.39 is 0 Å². The molecule has 1 aliphatic heterocycles. The third-order valence-corrected chi connectivity index (χ3v) is 3.88. The molecule has 0 aliphatic carbocycles. The summed E-state index contributed by atoms with van der Waals surface area (Å²) in [6, 6.07) is 7.47. The Morgan fingerprint density at radius 2 is 2.18 bits per heavy atom. The number of benzene rings is 1. The van der Waals surface area contributed by atoms with Crippen molar-refractivity contribution in [3.8, 4) is 11.3 Å². The Kier molecular flexibility index (Phi) is 4.36. The van der Waals surface area contributed by atoms with Crippen molar-refractivity contribution in [2.24, 2.45) is 0 Å². The fourth-order valence-corrected chi connectivity index (χ4v) is 2.73. The molecule has 1 fully saturated rings. The van der Waals surface area contributed by atoms with Gasteiger partial charge in [0.15, 0.2) is 0 Å². The molecule has 0 unspecified atom stereocenters. The first-order valence-corrected chi connectivity index (χ1v) is 7.47. The van der Waals surface area contributed by atoms with Crippen molar-refractivity contribution >= 4 is 17.5 Å². The first kappa shape index (κ1) is 14.9. The molecule has 1 saturated heterocycles. The second kappa shape index (κ2) is 6.42. The Balaban J connectivity index is 1.96. The first-order valence-electron chi connectivity index (χ1n) is 7.09. The third kappa shape index (κ3) is 3.10. The average Bonchev–Trinajstić information content (AvgIpc) is 2.55. The molecule has 0 radical (unpaired) electrons. The molecule has 1 aromatic heterocycles. The number of hydrogen-bond donors (Lipinski definition) is 0. The largest absolute Gasteiger partial charge is 0.368 e. The van der Waals surface area contributed by atoms with Crippen LogP contribution in [0.5, 0.6) is 0 Å². The molecule has 114 valence electrons. The molecule has 0 saturated carbocycles. The minimum atomic E-state index is -0.277. The molecule has 2 aromatic rings. The quantitative estimate of drug-likeness (QED) is 0.854. The molecule has 1 amide bonds. The number of amides is 1. The molecule has 22 heavy (non-hydrogen) atoms. The maximum Gasteiger partial charge on any atom is 0.219 e. The van der Waals surface area contributed by atoms with Crippen LogP contribution >= 0.6 is 11.6 Å². The van der Waals surface area contributed by atoms with Crippen LogP contribution in [0.4, 0.5) is 0 Å². The summed E-state index contributed by atoms with van der Waals surface area (Å²) in [5.74, 6) is 0.0431. The number of halogens is 1. The van der Waals surface area contributed by atoms with Crippen LogP contribution < -0.4 is 0 Å². The van der Waals surface area contributed by atoms with Crippen molar-refractivity contribution in [1.29, 1.82) is 0 Å². The Labute approximate surface area is 133 Å². The van der Waals surface area contributed by atoms with Gasteiger partial charge >= 0.3 is 0 Å². The van der Waals surface area contributed by atoms with Gasteiger partial charge in [-0.25, -0.2) is 0 Å². The average molecular weight is 318 g/mol. The number of ether oxygens (including phenoxy) is 1. The molecule has 3 rings (SSSR count). The van der Waals surface area contributed by atoms with Crippen LogP contribution in [-0.2, 0) is 9.53 Å². The number of hydrogen-bond acceptors (Lipinski definition) is 4. The summed E-state index contributed by atoms with van der Waals surface area (Å²) in [4.78, 5) is 22.2. The SMILES string of the molecule is CC(=O)N1CCO[C@H](c2nccnc2-c2cccc(Cl)c2)C1. The summed E-state index contributed by atoms with van der Waals surface area (Å²) in [7, 11) is 0. The lowest BCUT2D eigenvalue weighted by atomic mass is 10.1. The van der Waals surface area contributed by atoms with E-state index in [1.165, 1.54) is 0 Å². The van der Waals surface area contributed by atoms with E-state index in [1.54, 1.807) is 24.2 Å². The van der Waals surface area contributed by atoms with Crippen LogP contribution in [0.15, 0.2) is 36.7 Å². The summed E-state index contributed by atoms with van der Waals surface area (Å²) in [5, 5.41) is 0.643. The van der Waals surface area contributed by atoms with E-state index in [2.05, 4.69) is 9.97 Å². The molecule has 6 heteroatoms. The van der Waals surface area contributed by atoms with E-state index in [1.807, 2.05) is 24.3 Å². The molecule has 1 aliphatic rings. The monoisotopic (exact) mass is 317 g/mol. The summed E-state index contributed by atoms with van der Waals surface area (Å²) < 4.78 is 5.81. The van der Waals surface area contributed by atoms with Crippen molar-refractivity contribution < 1.29 is 9.53 Å². The molecule has 1 aromatic carbocycles. The fourth-order valence-electron chi connectivity index (χ4n) is 2.54. The standard InChI is InChI=1S/C16H16ClN3O2/c1-11(21)20-7-8-22-14(10-20)16-15(18-5-6-19-16)12-3-2-4-13(17)9-12/h2-6,9,14H,7-8,10H2,1H3/t14-/m0/s1. The molecular weight excluding hydrogens is 302 g/mol. The highest BCUT2D eigenvalue weighted by Crippen LogP contribution is 2.30. The maximum atomic E-state index is 11.6. The van der Waals surface area contributed by atoms with Gasteiger partial charge in [0.05, 0.1) is 24.5 Å². The van der Waals surface area contributed by atoms with Crippen molar-refractivity contribution in [3.63, 3.8) is 0 Å². The smallest absolute Gasteiger partial charge is 0.219 e. The number of aromatic nitrogens is 2. The second-order valence-corrected chi connectivity index (χ2v) is 5.56. The van der Waals surface area contributed by atoms with Crippen LogP contribution in [0.1, 0.15) is 18.7 Å². The van der Waals surface area contributed by atoms with Gasteiger partial charge in [0, 0.05) is 36.4 Å². The van der Waals surface area contributed by atoms with Gasteiger partial charge in [-0.2, -0.15) is 0 Å². The van der Waals surface area contributed by atoms with E-state index in [0.29, 0.717) is 24.7 Å². The van der Waals surface area contributed by atoms with Gasteiger partial charge in [0.25, 0.3) is 0 Å². The molecule has 0 bridgehead atoms. The lowest BCUT2D eigenvalue weighted by molar-refractivity contribution is -0.136. The van der Waals surface area contributed by atoms with Crippen LogP contribution in [0.2, 0.25) is 5.02 Å². The van der Waals surface area contributed by atoms with E-state index in [-0.39, 0.29) is 12.0 Å². The van der Waals surface area contributed by atoms with Crippen LogP contribution in [0.25, 0.3) is 11.3 Å². The minimum absolute atomic E-state index is 0.0431. The number of carbonyl (C=O) groups is 1. The number of rotatable bonds is 2. The van der Waals surface area contributed by atoms with E-state index >= 15 is 0 Å². The highest BCUT2D eigenvalue weighted by Gasteiger charge is 2.27. The van der Waals surface area contributed by atoms with Crippen molar-refractivity contribution in [3.05, 3.63) is 47.4 Å². The van der Waals surface area contributed by atoms with Crippen molar-refractivity contribution in [1.82, 2.24) is 14.9 Å².